The fourth-order valence-corrected chi connectivity index (χ4v) is 1.10. The summed E-state index contributed by atoms with van der Waals surface area (Å²) in [6.45, 7) is 2.69. The van der Waals surface area contributed by atoms with Gasteiger partial charge < -0.3 is 4.74 Å². The molecule has 1 aromatic heterocycles. The van der Waals surface area contributed by atoms with Crippen molar-refractivity contribution in [1.29, 1.82) is 0 Å². The van der Waals surface area contributed by atoms with Crippen LogP contribution in [-0.4, -0.2) is 17.1 Å². The van der Waals surface area contributed by atoms with Crippen molar-refractivity contribution < 1.29 is 4.74 Å². The lowest BCUT2D eigenvalue weighted by Crippen LogP contribution is -2.01. The molecule has 0 fully saturated rings. The molecule has 0 saturated heterocycles. The molecule has 3 nitrogen and oxygen atoms in total. The number of nitrogens with zero attached hydrogens (tertiary/aromatic N) is 2. The first-order valence-electron chi connectivity index (χ1n) is 4.16. The molecular weight excluding hydrogens is 152 g/mol. The summed E-state index contributed by atoms with van der Waals surface area (Å²) in [6, 6.07) is 0. The second-order valence-corrected chi connectivity index (χ2v) is 2.63. The minimum absolute atomic E-state index is 0.559. The van der Waals surface area contributed by atoms with E-state index in [2.05, 4.69) is 16.9 Å². The van der Waals surface area contributed by atoms with E-state index in [0.717, 1.165) is 24.2 Å². The Labute approximate surface area is 72.8 Å². The van der Waals surface area contributed by atoms with Crippen LogP contribution in [0.25, 0.3) is 0 Å². The first-order valence-corrected chi connectivity index (χ1v) is 4.16. The van der Waals surface area contributed by atoms with E-state index in [-0.39, 0.29) is 0 Å². The van der Waals surface area contributed by atoms with E-state index in [1.807, 2.05) is 0 Å². The first-order chi connectivity index (χ1) is 5.88. The molecule has 0 spiro atoms. The fourth-order valence-electron chi connectivity index (χ4n) is 1.10. The molecule has 0 atom stereocenters. The third kappa shape index (κ3) is 2.27. The van der Waals surface area contributed by atoms with Crippen LogP contribution in [0.1, 0.15) is 24.7 Å². The summed E-state index contributed by atoms with van der Waals surface area (Å²) in [5, 5.41) is 0. The van der Waals surface area contributed by atoms with Crippen LogP contribution in [-0.2, 0) is 17.8 Å². The van der Waals surface area contributed by atoms with Gasteiger partial charge in [0.05, 0.1) is 18.0 Å². The minimum Gasteiger partial charge on any atom is -0.378 e. The van der Waals surface area contributed by atoms with E-state index in [4.69, 9.17) is 4.74 Å². The summed E-state index contributed by atoms with van der Waals surface area (Å²) in [5.41, 5.74) is 2.02. The van der Waals surface area contributed by atoms with Crippen molar-refractivity contribution in [3.63, 3.8) is 0 Å². The Morgan fingerprint density at radius 3 is 2.50 bits per heavy atom. The van der Waals surface area contributed by atoms with Crippen molar-refractivity contribution in [3.05, 3.63) is 23.8 Å². The zero-order valence-electron chi connectivity index (χ0n) is 7.58. The van der Waals surface area contributed by atoms with Crippen molar-refractivity contribution in [1.82, 2.24) is 9.97 Å². The summed E-state index contributed by atoms with van der Waals surface area (Å²) in [6.07, 6.45) is 5.50. The maximum atomic E-state index is 5.01. The highest BCUT2D eigenvalue weighted by atomic mass is 16.5. The lowest BCUT2D eigenvalue weighted by atomic mass is 10.2. The van der Waals surface area contributed by atoms with Gasteiger partial charge in [-0.1, -0.05) is 13.3 Å². The predicted octanol–water partition coefficient (Wildman–Crippen LogP) is 1.58. The lowest BCUT2D eigenvalue weighted by Gasteiger charge is -2.03. The second kappa shape index (κ2) is 4.83. The van der Waals surface area contributed by atoms with Gasteiger partial charge >= 0.3 is 0 Å². The van der Waals surface area contributed by atoms with Crippen molar-refractivity contribution in [2.75, 3.05) is 7.11 Å². The Kier molecular flexibility index (Phi) is 3.67. The fraction of sp³-hybridized carbons (Fsp3) is 0.556. The normalized spacial score (nSPS) is 10.2. The number of aromatic nitrogens is 2. The van der Waals surface area contributed by atoms with Crippen molar-refractivity contribution in [2.24, 2.45) is 0 Å². The minimum atomic E-state index is 0.559. The highest BCUT2D eigenvalue weighted by Crippen LogP contribution is 2.05. The summed E-state index contributed by atoms with van der Waals surface area (Å²) in [7, 11) is 1.67. The molecule has 1 rings (SSSR count). The Hall–Kier alpha value is -0.960. The van der Waals surface area contributed by atoms with Gasteiger partial charge in [0.15, 0.2) is 0 Å². The summed E-state index contributed by atoms with van der Waals surface area (Å²) in [4.78, 5) is 8.44. The van der Waals surface area contributed by atoms with Crippen LogP contribution in [0.3, 0.4) is 0 Å². The summed E-state index contributed by atoms with van der Waals surface area (Å²) in [5.74, 6) is 0. The Bertz CT molecular complexity index is 213. The van der Waals surface area contributed by atoms with E-state index in [9.17, 15) is 0 Å². The van der Waals surface area contributed by atoms with Gasteiger partial charge in [-0.15, -0.1) is 0 Å². The SMILES string of the molecule is CCCc1nccnc1COC. The van der Waals surface area contributed by atoms with Crippen LogP contribution in [0.2, 0.25) is 0 Å². The average molecular weight is 166 g/mol. The second-order valence-electron chi connectivity index (χ2n) is 2.63. The molecule has 0 N–H and O–H groups in total. The third-order valence-corrected chi connectivity index (χ3v) is 1.63. The topological polar surface area (TPSA) is 35.0 Å². The molecule has 0 aromatic carbocycles. The van der Waals surface area contributed by atoms with E-state index >= 15 is 0 Å². The molecule has 0 aliphatic carbocycles. The van der Waals surface area contributed by atoms with Crippen LogP contribution in [0.4, 0.5) is 0 Å². The molecule has 12 heavy (non-hydrogen) atoms. The van der Waals surface area contributed by atoms with Gasteiger partial charge in [0.2, 0.25) is 0 Å². The molecule has 0 aliphatic rings. The van der Waals surface area contributed by atoms with Crippen LogP contribution < -0.4 is 0 Å². The van der Waals surface area contributed by atoms with Gasteiger partial charge in [0.1, 0.15) is 0 Å². The maximum absolute atomic E-state index is 5.01. The monoisotopic (exact) mass is 166 g/mol. The van der Waals surface area contributed by atoms with E-state index in [1.54, 1.807) is 19.5 Å². The van der Waals surface area contributed by atoms with Gasteiger partial charge in [0, 0.05) is 19.5 Å². The molecule has 0 radical (unpaired) electrons. The average Bonchev–Trinajstić information content (AvgIpc) is 2.09. The maximum Gasteiger partial charge on any atom is 0.0902 e. The van der Waals surface area contributed by atoms with E-state index in [1.165, 1.54) is 0 Å². The largest absolute Gasteiger partial charge is 0.378 e. The summed E-state index contributed by atoms with van der Waals surface area (Å²) >= 11 is 0. The molecule has 0 aliphatic heterocycles. The van der Waals surface area contributed by atoms with Gasteiger partial charge in [0.25, 0.3) is 0 Å². The van der Waals surface area contributed by atoms with Crippen LogP contribution in [0, 0.1) is 0 Å². The molecule has 1 aromatic rings. The molecule has 0 unspecified atom stereocenters. The Balaban J connectivity index is 2.77. The molecule has 1 heterocycles. The van der Waals surface area contributed by atoms with Crippen molar-refractivity contribution in [3.8, 4) is 0 Å². The number of aryl methyl sites for hydroxylation is 1. The molecule has 0 bridgehead atoms. The standard InChI is InChI=1S/C9H14N2O/c1-3-4-8-9(7-12-2)11-6-5-10-8/h5-6H,3-4,7H2,1-2H3. The number of hydrogen-bond donors (Lipinski definition) is 0. The smallest absolute Gasteiger partial charge is 0.0902 e. The number of hydrogen-bond acceptors (Lipinski definition) is 3. The van der Waals surface area contributed by atoms with Crippen LogP contribution in [0.15, 0.2) is 12.4 Å². The van der Waals surface area contributed by atoms with E-state index < -0.39 is 0 Å². The lowest BCUT2D eigenvalue weighted by molar-refractivity contribution is 0.180. The predicted molar refractivity (Wildman–Crippen MR) is 46.7 cm³/mol. The Morgan fingerprint density at radius 1 is 1.25 bits per heavy atom. The van der Waals surface area contributed by atoms with Crippen LogP contribution >= 0.6 is 0 Å². The Morgan fingerprint density at radius 2 is 1.92 bits per heavy atom. The van der Waals surface area contributed by atoms with Crippen LogP contribution in [0.5, 0.6) is 0 Å². The molecule has 0 saturated carbocycles. The zero-order valence-corrected chi connectivity index (χ0v) is 7.58. The highest BCUT2D eigenvalue weighted by Gasteiger charge is 2.02. The number of ether oxygens (including phenoxy) is 1. The number of rotatable bonds is 4. The molecule has 66 valence electrons. The van der Waals surface area contributed by atoms with Gasteiger partial charge in [-0.05, 0) is 6.42 Å². The molecular formula is C9H14N2O. The van der Waals surface area contributed by atoms with E-state index in [0.29, 0.717) is 6.61 Å². The molecule has 3 heteroatoms. The van der Waals surface area contributed by atoms with Gasteiger partial charge in [-0.3, -0.25) is 9.97 Å². The zero-order chi connectivity index (χ0) is 8.81. The summed E-state index contributed by atoms with van der Waals surface area (Å²) < 4.78 is 5.01. The van der Waals surface area contributed by atoms with Crippen molar-refractivity contribution in [2.45, 2.75) is 26.4 Å². The quantitative estimate of drug-likeness (QED) is 0.681. The molecule has 0 amide bonds. The van der Waals surface area contributed by atoms with Crippen molar-refractivity contribution >= 4 is 0 Å². The third-order valence-electron chi connectivity index (χ3n) is 1.63. The van der Waals surface area contributed by atoms with Gasteiger partial charge in [-0.2, -0.15) is 0 Å². The van der Waals surface area contributed by atoms with Gasteiger partial charge in [-0.25, -0.2) is 0 Å². The number of methoxy groups -OCH3 is 1. The first kappa shape index (κ1) is 9.13. The highest BCUT2D eigenvalue weighted by molar-refractivity contribution is 5.09.